The predicted molar refractivity (Wildman–Crippen MR) is 129 cm³/mol. The van der Waals surface area contributed by atoms with Gasteiger partial charge >= 0.3 is 5.69 Å². The van der Waals surface area contributed by atoms with Crippen LogP contribution in [-0.2, 0) is 25.4 Å². The normalized spacial score (nSPS) is 20.4. The molecule has 0 spiro atoms. The maximum atomic E-state index is 13.1. The summed E-state index contributed by atoms with van der Waals surface area (Å²) in [7, 11) is 3.15. The minimum Gasteiger partial charge on any atom is -0.341 e. The molecule has 2 unspecified atom stereocenters. The molecule has 2 aliphatic rings. The Labute approximate surface area is 193 Å². The molecule has 4 heterocycles. The van der Waals surface area contributed by atoms with Gasteiger partial charge in [0.15, 0.2) is 17.5 Å². The summed E-state index contributed by atoms with van der Waals surface area (Å²) in [6, 6.07) is 0.137. The van der Waals surface area contributed by atoms with Crippen molar-refractivity contribution in [3.05, 3.63) is 32.5 Å². The molecule has 0 radical (unpaired) electrons. The maximum Gasteiger partial charge on any atom is 0.332 e. The molecule has 10 heteroatoms. The van der Waals surface area contributed by atoms with Gasteiger partial charge in [0.25, 0.3) is 5.56 Å². The maximum absolute atomic E-state index is 13.1. The molecule has 2 aromatic heterocycles. The fraction of sp³-hybridized carbons (Fsp3) is 0.652. The van der Waals surface area contributed by atoms with Gasteiger partial charge in [-0.25, -0.2) is 4.79 Å². The third kappa shape index (κ3) is 4.54. The quantitative estimate of drug-likeness (QED) is 0.480. The lowest BCUT2D eigenvalue weighted by Gasteiger charge is -2.36. The molecule has 0 aliphatic carbocycles. The van der Waals surface area contributed by atoms with E-state index in [-0.39, 0.29) is 23.5 Å². The smallest absolute Gasteiger partial charge is 0.332 e. The third-order valence-corrected chi connectivity index (χ3v) is 6.78. The van der Waals surface area contributed by atoms with Crippen molar-refractivity contribution >= 4 is 23.4 Å². The van der Waals surface area contributed by atoms with Gasteiger partial charge in [-0.05, 0) is 39.5 Å². The Morgan fingerprint density at radius 2 is 1.85 bits per heavy atom. The molecule has 0 saturated carbocycles. The van der Waals surface area contributed by atoms with E-state index in [1.54, 1.807) is 7.05 Å². The molecule has 2 saturated heterocycles. The van der Waals surface area contributed by atoms with E-state index < -0.39 is 0 Å². The monoisotopic (exact) mass is 457 g/mol. The molecule has 2 fully saturated rings. The number of piperidine rings is 1. The summed E-state index contributed by atoms with van der Waals surface area (Å²) in [6.45, 7) is 7.92. The fourth-order valence-electron chi connectivity index (χ4n) is 4.91. The number of aldehydes is 1. The number of carbonyl (C=O) groups is 1. The van der Waals surface area contributed by atoms with Crippen LogP contribution in [0.2, 0.25) is 0 Å². The number of nitrogens with one attached hydrogen (secondary N) is 1. The van der Waals surface area contributed by atoms with Crippen LogP contribution >= 0.6 is 0 Å². The number of likely N-dealkylation sites (tertiary alicyclic amines) is 1. The second kappa shape index (κ2) is 9.64. The average Bonchev–Trinajstić information content (AvgIpc) is 3.47. The number of aromatic nitrogens is 4. The molecule has 0 amide bonds. The van der Waals surface area contributed by atoms with Gasteiger partial charge in [-0.1, -0.05) is 11.6 Å². The highest BCUT2D eigenvalue weighted by Gasteiger charge is 2.29. The summed E-state index contributed by atoms with van der Waals surface area (Å²) in [5.74, 6) is 0.691. The van der Waals surface area contributed by atoms with Crippen molar-refractivity contribution in [3.63, 3.8) is 0 Å². The van der Waals surface area contributed by atoms with Gasteiger partial charge in [0.1, 0.15) is 6.17 Å². The Balaban J connectivity index is 1.69. The summed E-state index contributed by atoms with van der Waals surface area (Å²) in [6.07, 6.45) is 6.98. The van der Waals surface area contributed by atoms with Crippen molar-refractivity contribution in [1.29, 1.82) is 0 Å². The average molecular weight is 458 g/mol. The molecule has 0 bridgehead atoms. The van der Waals surface area contributed by atoms with Crippen LogP contribution in [-0.4, -0.2) is 68.3 Å². The summed E-state index contributed by atoms with van der Waals surface area (Å²) in [5.41, 5.74) is 1.25. The number of carbonyl (C=O) groups excluding carboxylic acids is 1. The number of nitrogens with zero attached hydrogens (tertiary/aromatic N) is 6. The van der Waals surface area contributed by atoms with E-state index in [1.807, 2.05) is 18.4 Å². The molecule has 2 aliphatic heterocycles. The molecule has 0 aromatic carbocycles. The van der Waals surface area contributed by atoms with Gasteiger partial charge in [0.2, 0.25) is 5.95 Å². The van der Waals surface area contributed by atoms with Crippen LogP contribution in [0.3, 0.4) is 0 Å². The highest BCUT2D eigenvalue weighted by atomic mass is 16.2. The van der Waals surface area contributed by atoms with Crippen LogP contribution in [0.25, 0.3) is 11.2 Å². The van der Waals surface area contributed by atoms with Gasteiger partial charge in [0.05, 0.1) is 0 Å². The van der Waals surface area contributed by atoms with E-state index >= 15 is 0 Å². The van der Waals surface area contributed by atoms with Crippen LogP contribution in [0.4, 0.5) is 5.95 Å². The van der Waals surface area contributed by atoms with Crippen molar-refractivity contribution in [1.82, 2.24) is 28.9 Å². The minimum atomic E-state index is -0.386. The molecule has 1 N–H and O–H groups in total. The zero-order valence-electron chi connectivity index (χ0n) is 20.1. The van der Waals surface area contributed by atoms with Crippen LogP contribution in [0.1, 0.15) is 39.5 Å². The first-order valence-corrected chi connectivity index (χ1v) is 11.8. The van der Waals surface area contributed by atoms with Gasteiger partial charge in [-0.2, -0.15) is 4.98 Å². The Morgan fingerprint density at radius 3 is 2.52 bits per heavy atom. The van der Waals surface area contributed by atoms with E-state index in [9.17, 15) is 14.4 Å². The molecule has 2 atom stereocenters. The highest BCUT2D eigenvalue weighted by molar-refractivity contribution is 5.74. The Bertz CT molecular complexity index is 1170. The van der Waals surface area contributed by atoms with Crippen molar-refractivity contribution in [3.8, 4) is 0 Å². The first-order chi connectivity index (χ1) is 15.8. The number of rotatable bonds is 7. The van der Waals surface area contributed by atoms with E-state index in [2.05, 4.69) is 21.2 Å². The van der Waals surface area contributed by atoms with Crippen molar-refractivity contribution in [2.24, 2.45) is 14.1 Å². The first-order valence-electron chi connectivity index (χ1n) is 11.8. The number of aryl methyl sites for hydroxylation is 1. The molecular weight excluding hydrogens is 422 g/mol. The number of fused-ring (bicyclic) bond motifs is 1. The lowest BCUT2D eigenvalue weighted by molar-refractivity contribution is -0.113. The molecule has 10 nitrogen and oxygen atoms in total. The Hall–Kier alpha value is -2.72. The predicted octanol–water partition coefficient (Wildman–Crippen LogP) is 0.579. The molecule has 180 valence electrons. The van der Waals surface area contributed by atoms with Crippen LogP contribution < -0.4 is 21.5 Å². The van der Waals surface area contributed by atoms with E-state index in [4.69, 9.17) is 4.98 Å². The van der Waals surface area contributed by atoms with Crippen LogP contribution in [0, 0.1) is 0 Å². The summed E-state index contributed by atoms with van der Waals surface area (Å²) in [5, 5.41) is 3.54. The Morgan fingerprint density at radius 1 is 1.12 bits per heavy atom. The van der Waals surface area contributed by atoms with E-state index in [1.165, 1.54) is 11.6 Å². The second-order valence-corrected chi connectivity index (χ2v) is 9.46. The van der Waals surface area contributed by atoms with Crippen molar-refractivity contribution in [2.75, 3.05) is 31.1 Å². The molecule has 4 rings (SSSR count). The zero-order chi connectivity index (χ0) is 23.7. The van der Waals surface area contributed by atoms with Crippen molar-refractivity contribution in [2.45, 2.75) is 58.3 Å². The molecular formula is C23H35N7O3. The molecule has 2 aromatic rings. The number of allylic oxidation sites excluding steroid dienone is 2. The highest BCUT2D eigenvalue weighted by Crippen LogP contribution is 2.24. The topological polar surface area (TPSA) is 97.4 Å². The lowest BCUT2D eigenvalue weighted by Crippen LogP contribution is -2.55. The van der Waals surface area contributed by atoms with Gasteiger partial charge < -0.3 is 14.3 Å². The third-order valence-electron chi connectivity index (χ3n) is 6.78. The van der Waals surface area contributed by atoms with Gasteiger partial charge in [-0.15, -0.1) is 0 Å². The summed E-state index contributed by atoms with van der Waals surface area (Å²) in [4.78, 5) is 46.5. The van der Waals surface area contributed by atoms with Crippen molar-refractivity contribution < 1.29 is 4.79 Å². The molecule has 33 heavy (non-hydrogen) atoms. The number of imidazole rings is 1. The number of hydrogen-bond donors (Lipinski definition) is 1. The van der Waals surface area contributed by atoms with Gasteiger partial charge in [0, 0.05) is 52.9 Å². The zero-order valence-corrected chi connectivity index (χ0v) is 20.1. The number of anilines is 1. The summed E-state index contributed by atoms with van der Waals surface area (Å²) >= 11 is 0. The SMILES string of the molecule is CC(C)=CCn1c(N2CCCC(NC(C=O)N3CCCC3)C2)nc2c1c(=O)n(C)c(=O)n2C. The Kier molecular flexibility index (Phi) is 6.85. The number of hydrogen-bond acceptors (Lipinski definition) is 7. The van der Waals surface area contributed by atoms with E-state index in [0.29, 0.717) is 30.2 Å². The minimum absolute atomic E-state index is 0.137. The second-order valence-electron chi connectivity index (χ2n) is 9.46. The first kappa shape index (κ1) is 23.4. The fourth-order valence-corrected chi connectivity index (χ4v) is 4.91. The standard InChI is InChI=1S/C23H35N7O3/c1-16(2)9-13-30-19-20(26(3)23(33)27(4)21(19)32)25-22(30)29-12-7-8-17(14-29)24-18(15-31)28-10-5-6-11-28/h9,15,17-18,24H,5-8,10-14H2,1-4H3. The van der Waals surface area contributed by atoms with E-state index in [0.717, 1.165) is 61.7 Å². The largest absolute Gasteiger partial charge is 0.341 e. The lowest BCUT2D eigenvalue weighted by atomic mass is 10.1. The van der Waals surface area contributed by atoms with Crippen LogP contribution in [0.5, 0.6) is 0 Å². The van der Waals surface area contributed by atoms with Crippen LogP contribution in [0.15, 0.2) is 21.2 Å². The van der Waals surface area contributed by atoms with Gasteiger partial charge in [-0.3, -0.25) is 24.1 Å². The summed E-state index contributed by atoms with van der Waals surface area (Å²) < 4.78 is 4.50.